The summed E-state index contributed by atoms with van der Waals surface area (Å²) in [7, 11) is 1.71. The largest absolute Gasteiger partial charge is 0.310 e. The van der Waals surface area contributed by atoms with Crippen molar-refractivity contribution >= 4 is 36.8 Å². The molecule has 0 bridgehead atoms. The first kappa shape index (κ1) is 15.0. The number of hydrogen-bond acceptors (Lipinski definition) is 6. The van der Waals surface area contributed by atoms with Crippen molar-refractivity contribution in [3.05, 3.63) is 0 Å². The van der Waals surface area contributed by atoms with Gasteiger partial charge in [0.25, 0.3) is 0 Å². The number of likely N-dealkylation sites (N-methyl/N-ethyl adjacent to an activating group) is 1. The standard InChI is InChI=1S/C9H18N2O2S2/c1-6(12)7(4-14)11-3-9(13)8(5-15)10-2/h7-8,10-11,14-15H,3-5H2,1-2H3. The summed E-state index contributed by atoms with van der Waals surface area (Å²) in [6, 6.07) is -0.622. The molecule has 0 aliphatic heterocycles. The number of carbonyl (C=O) groups is 2. The molecule has 0 aromatic heterocycles. The molecule has 0 saturated heterocycles. The summed E-state index contributed by atoms with van der Waals surface area (Å²) in [6.07, 6.45) is 0. The average Bonchev–Trinajstić information content (AvgIpc) is 2.20. The van der Waals surface area contributed by atoms with Gasteiger partial charge in [-0.1, -0.05) is 0 Å². The molecule has 0 aliphatic carbocycles. The first-order valence-corrected chi connectivity index (χ1v) is 5.98. The van der Waals surface area contributed by atoms with Gasteiger partial charge in [-0.05, 0) is 14.0 Å². The molecule has 2 N–H and O–H groups in total. The van der Waals surface area contributed by atoms with E-state index in [9.17, 15) is 9.59 Å². The van der Waals surface area contributed by atoms with Crippen molar-refractivity contribution in [3.8, 4) is 0 Å². The van der Waals surface area contributed by atoms with E-state index in [1.165, 1.54) is 6.92 Å². The SMILES string of the molecule is CNC(CS)C(=O)CNC(CS)C(C)=O. The zero-order valence-electron chi connectivity index (χ0n) is 8.99. The number of carbonyl (C=O) groups excluding carboxylic acids is 2. The average molecular weight is 250 g/mol. The lowest BCUT2D eigenvalue weighted by atomic mass is 10.2. The number of nitrogens with one attached hydrogen (secondary N) is 2. The predicted octanol–water partition coefficient (Wildman–Crippen LogP) is -0.450. The highest BCUT2D eigenvalue weighted by Gasteiger charge is 2.17. The third kappa shape index (κ3) is 5.55. The van der Waals surface area contributed by atoms with Crippen LogP contribution in [0.15, 0.2) is 0 Å². The maximum Gasteiger partial charge on any atom is 0.164 e. The molecule has 6 heteroatoms. The van der Waals surface area contributed by atoms with Gasteiger partial charge in [0.1, 0.15) is 5.78 Å². The number of thiol groups is 2. The zero-order valence-corrected chi connectivity index (χ0v) is 10.8. The van der Waals surface area contributed by atoms with Crippen LogP contribution in [0.1, 0.15) is 6.92 Å². The second-order valence-electron chi connectivity index (χ2n) is 3.22. The normalized spacial score (nSPS) is 14.7. The number of Topliss-reactive ketones (excluding diaryl/α,β-unsaturated/α-hetero) is 2. The number of ketones is 2. The lowest BCUT2D eigenvalue weighted by molar-refractivity contribution is -0.120. The van der Waals surface area contributed by atoms with Crippen molar-refractivity contribution < 1.29 is 9.59 Å². The molecule has 88 valence electrons. The molecule has 0 heterocycles. The van der Waals surface area contributed by atoms with Crippen molar-refractivity contribution in [2.24, 2.45) is 0 Å². The van der Waals surface area contributed by atoms with Crippen LogP contribution >= 0.6 is 25.3 Å². The summed E-state index contributed by atoms with van der Waals surface area (Å²) in [5.41, 5.74) is 0. The fourth-order valence-electron chi connectivity index (χ4n) is 1.04. The van der Waals surface area contributed by atoms with E-state index in [4.69, 9.17) is 0 Å². The molecule has 4 nitrogen and oxygen atoms in total. The fourth-order valence-corrected chi connectivity index (χ4v) is 1.81. The van der Waals surface area contributed by atoms with E-state index in [1.54, 1.807) is 7.05 Å². The third-order valence-electron chi connectivity index (χ3n) is 2.12. The van der Waals surface area contributed by atoms with Crippen LogP contribution in [0.25, 0.3) is 0 Å². The molecule has 2 atom stereocenters. The van der Waals surface area contributed by atoms with Crippen LogP contribution in [-0.2, 0) is 9.59 Å². The quantitative estimate of drug-likeness (QED) is 0.441. The molecule has 15 heavy (non-hydrogen) atoms. The van der Waals surface area contributed by atoms with Crippen LogP contribution < -0.4 is 10.6 Å². The zero-order chi connectivity index (χ0) is 11.8. The monoisotopic (exact) mass is 250 g/mol. The van der Waals surface area contributed by atoms with Gasteiger partial charge in [-0.3, -0.25) is 14.9 Å². The summed E-state index contributed by atoms with van der Waals surface area (Å²) in [4.78, 5) is 22.6. The van der Waals surface area contributed by atoms with E-state index in [-0.39, 0.29) is 30.2 Å². The van der Waals surface area contributed by atoms with Crippen LogP contribution in [0, 0.1) is 0 Å². The minimum absolute atomic E-state index is 0.000494. The van der Waals surface area contributed by atoms with E-state index in [1.807, 2.05) is 0 Å². The molecule has 0 spiro atoms. The molecule has 0 aromatic rings. The third-order valence-corrected chi connectivity index (χ3v) is 2.85. The Morgan fingerprint density at radius 3 is 2.07 bits per heavy atom. The van der Waals surface area contributed by atoms with Gasteiger partial charge in [-0.15, -0.1) is 0 Å². The highest BCUT2D eigenvalue weighted by Crippen LogP contribution is 1.92. The lowest BCUT2D eigenvalue weighted by Crippen LogP contribution is -2.46. The van der Waals surface area contributed by atoms with Gasteiger partial charge in [0, 0.05) is 11.5 Å². The molecule has 0 fully saturated rings. The summed E-state index contributed by atoms with van der Waals surface area (Å²) in [5, 5.41) is 5.72. The molecule has 0 aromatic carbocycles. The molecule has 0 rings (SSSR count). The molecule has 0 saturated carbocycles. The van der Waals surface area contributed by atoms with E-state index in [2.05, 4.69) is 35.9 Å². The highest BCUT2D eigenvalue weighted by atomic mass is 32.1. The van der Waals surface area contributed by atoms with Crippen molar-refractivity contribution in [1.29, 1.82) is 0 Å². The summed E-state index contributed by atoms with van der Waals surface area (Å²) in [5.74, 6) is 0.835. The van der Waals surface area contributed by atoms with E-state index >= 15 is 0 Å². The van der Waals surface area contributed by atoms with Gasteiger partial charge in [-0.25, -0.2) is 0 Å². The van der Waals surface area contributed by atoms with Crippen LogP contribution in [-0.4, -0.2) is 48.7 Å². The van der Waals surface area contributed by atoms with Crippen molar-refractivity contribution in [2.45, 2.75) is 19.0 Å². The minimum atomic E-state index is -0.352. The van der Waals surface area contributed by atoms with Gasteiger partial charge < -0.3 is 5.32 Å². The highest BCUT2D eigenvalue weighted by molar-refractivity contribution is 7.80. The molecule has 0 radical (unpaired) electrons. The van der Waals surface area contributed by atoms with Crippen molar-refractivity contribution in [3.63, 3.8) is 0 Å². The van der Waals surface area contributed by atoms with E-state index < -0.39 is 0 Å². The maximum atomic E-state index is 11.5. The Balaban J connectivity index is 4.02. The summed E-state index contributed by atoms with van der Waals surface area (Å²) < 4.78 is 0. The Kier molecular flexibility index (Phi) is 8.13. The second-order valence-corrected chi connectivity index (χ2v) is 3.95. The Morgan fingerprint density at radius 2 is 1.73 bits per heavy atom. The van der Waals surface area contributed by atoms with Gasteiger partial charge in [0.05, 0.1) is 18.6 Å². The fraction of sp³-hybridized carbons (Fsp3) is 0.778. The minimum Gasteiger partial charge on any atom is -0.310 e. The Labute approximate surface area is 101 Å². The van der Waals surface area contributed by atoms with E-state index in [0.717, 1.165) is 0 Å². The van der Waals surface area contributed by atoms with Crippen LogP contribution in [0.4, 0.5) is 0 Å². The van der Waals surface area contributed by atoms with Gasteiger partial charge in [0.2, 0.25) is 0 Å². The first-order valence-electron chi connectivity index (χ1n) is 4.72. The Bertz CT molecular complexity index is 220. The van der Waals surface area contributed by atoms with Crippen molar-refractivity contribution in [2.75, 3.05) is 25.1 Å². The number of rotatable bonds is 8. The summed E-state index contributed by atoms with van der Waals surface area (Å²) in [6.45, 7) is 1.64. The van der Waals surface area contributed by atoms with Crippen LogP contribution in [0.3, 0.4) is 0 Å². The first-order chi connectivity index (χ1) is 7.06. The van der Waals surface area contributed by atoms with Gasteiger partial charge in [-0.2, -0.15) is 25.3 Å². The van der Waals surface area contributed by atoms with Gasteiger partial charge >= 0.3 is 0 Å². The lowest BCUT2D eigenvalue weighted by Gasteiger charge is -2.16. The smallest absolute Gasteiger partial charge is 0.164 e. The maximum absolute atomic E-state index is 11.5. The molecular weight excluding hydrogens is 232 g/mol. The Morgan fingerprint density at radius 1 is 1.20 bits per heavy atom. The van der Waals surface area contributed by atoms with Crippen LogP contribution in [0.2, 0.25) is 0 Å². The topological polar surface area (TPSA) is 58.2 Å². The summed E-state index contributed by atoms with van der Waals surface area (Å²) >= 11 is 8.08. The molecule has 0 aliphatic rings. The van der Waals surface area contributed by atoms with Gasteiger partial charge in [0.15, 0.2) is 5.78 Å². The molecular formula is C9H18N2O2S2. The van der Waals surface area contributed by atoms with Crippen molar-refractivity contribution in [1.82, 2.24) is 10.6 Å². The Hall–Kier alpha value is -0.0400. The molecule has 0 amide bonds. The second kappa shape index (κ2) is 8.15. The predicted molar refractivity (Wildman–Crippen MR) is 68.0 cm³/mol. The number of hydrogen-bond donors (Lipinski definition) is 4. The van der Waals surface area contributed by atoms with E-state index in [0.29, 0.717) is 11.5 Å². The van der Waals surface area contributed by atoms with Crippen LogP contribution in [0.5, 0.6) is 0 Å². The molecule has 2 unspecified atom stereocenters.